The Hall–Kier alpha value is -3.70. The van der Waals surface area contributed by atoms with Crippen LogP contribution in [0.2, 0.25) is 6.04 Å². The normalized spacial score (nSPS) is 15.0. The van der Waals surface area contributed by atoms with Gasteiger partial charge in [0.15, 0.2) is 5.78 Å². The monoisotopic (exact) mass is 709 g/mol. The zero-order valence-electron chi connectivity index (χ0n) is 30.9. The Labute approximate surface area is 297 Å². The van der Waals surface area contributed by atoms with Gasteiger partial charge in [-0.25, -0.2) is 13.5 Å². The number of nitrogens with zero attached hydrogens (tertiary/aromatic N) is 3. The summed E-state index contributed by atoms with van der Waals surface area (Å²) >= 11 is 0. The number of aryl methyl sites for hydroxylation is 4. The lowest BCUT2D eigenvalue weighted by Crippen LogP contribution is -2.49. The van der Waals surface area contributed by atoms with E-state index >= 15 is 4.39 Å². The van der Waals surface area contributed by atoms with Crippen LogP contribution in [-0.2, 0) is 20.7 Å². The highest BCUT2D eigenvalue weighted by molar-refractivity contribution is 6.43. The van der Waals surface area contributed by atoms with Crippen LogP contribution in [0.15, 0.2) is 35.1 Å². The molecule has 2 atom stereocenters. The minimum atomic E-state index is -1.14. The summed E-state index contributed by atoms with van der Waals surface area (Å²) in [7, 11) is 0.477. The molecular formula is C39H53F2N3O5Si. The molecule has 8 nitrogen and oxygen atoms in total. The topological polar surface area (TPSA) is 90.7 Å². The van der Waals surface area contributed by atoms with E-state index in [1.165, 1.54) is 10.7 Å². The van der Waals surface area contributed by atoms with Gasteiger partial charge in [-0.05, 0) is 116 Å². The molecule has 0 saturated carbocycles. The van der Waals surface area contributed by atoms with Gasteiger partial charge in [0.05, 0.1) is 41.0 Å². The first kappa shape index (κ1) is 39.1. The number of likely N-dealkylation sites (tertiary alicyclic amines) is 1. The highest BCUT2D eigenvalue weighted by Gasteiger charge is 2.29. The standard InChI is InChI=1S/C39H53F2N3O5Si/c1-9-49-36(47)19-28(32-18-29(14-27(7)38(32)41)37-25(5)15-31(48-8)16-26(37)6)10-11-34(45)39(50-22-23(2)3)44-35(46)17-24(4)33(42-44)12-13-43-20-30(40)21-43/h14-18,23,28,30,39H,9-13,19-22,50H2,1-8H3/t28-,39-/m0/s1. The molecule has 0 unspecified atom stereocenters. The van der Waals surface area contributed by atoms with E-state index in [0.29, 0.717) is 43.1 Å². The number of halogens is 2. The second kappa shape index (κ2) is 17.5. The summed E-state index contributed by atoms with van der Waals surface area (Å²) in [6.07, 6.45) is -0.0810. The second-order valence-corrected chi connectivity index (χ2v) is 16.1. The number of carbonyl (C=O) groups is 2. The van der Waals surface area contributed by atoms with Crippen molar-refractivity contribution >= 4 is 21.3 Å². The minimum absolute atomic E-state index is 0.0478. The Morgan fingerprint density at radius 3 is 2.30 bits per heavy atom. The molecule has 0 amide bonds. The maximum absolute atomic E-state index is 16.0. The van der Waals surface area contributed by atoms with Gasteiger partial charge in [-0.3, -0.25) is 19.3 Å². The molecule has 1 aliphatic heterocycles. The molecule has 1 fully saturated rings. The third-order valence-electron chi connectivity index (χ3n) is 9.72. The number of Topliss-reactive ketones (excluding diaryl/α,β-unsaturated/α-hetero) is 1. The van der Waals surface area contributed by atoms with E-state index in [0.717, 1.165) is 45.3 Å². The van der Waals surface area contributed by atoms with E-state index in [-0.39, 0.29) is 37.2 Å². The largest absolute Gasteiger partial charge is 0.497 e. The van der Waals surface area contributed by atoms with Gasteiger partial charge < -0.3 is 9.47 Å². The van der Waals surface area contributed by atoms with Crippen LogP contribution in [0.4, 0.5) is 8.78 Å². The number of benzene rings is 2. The highest BCUT2D eigenvalue weighted by Crippen LogP contribution is 2.37. The van der Waals surface area contributed by atoms with Gasteiger partial charge in [0.25, 0.3) is 5.56 Å². The molecule has 3 aromatic rings. The molecule has 1 saturated heterocycles. The molecule has 0 aliphatic carbocycles. The molecule has 0 bridgehead atoms. The molecule has 1 aliphatic rings. The summed E-state index contributed by atoms with van der Waals surface area (Å²) in [5.41, 5.74) is 5.01. The molecule has 0 N–H and O–H groups in total. The van der Waals surface area contributed by atoms with E-state index in [2.05, 4.69) is 13.8 Å². The van der Waals surface area contributed by atoms with Crippen molar-refractivity contribution in [2.75, 3.05) is 33.4 Å². The maximum Gasteiger partial charge on any atom is 0.306 e. The van der Waals surface area contributed by atoms with Crippen molar-refractivity contribution in [2.24, 2.45) is 5.92 Å². The van der Waals surface area contributed by atoms with Gasteiger partial charge in [0.1, 0.15) is 17.7 Å². The van der Waals surface area contributed by atoms with Gasteiger partial charge >= 0.3 is 5.97 Å². The number of hydrogen-bond acceptors (Lipinski definition) is 7. The first-order valence-electron chi connectivity index (χ1n) is 17.8. The Balaban J connectivity index is 1.67. The van der Waals surface area contributed by atoms with Crippen molar-refractivity contribution in [2.45, 2.75) is 97.9 Å². The van der Waals surface area contributed by atoms with E-state index in [1.54, 1.807) is 27.0 Å². The molecule has 4 rings (SSSR count). The number of methoxy groups -OCH3 is 1. The zero-order chi connectivity index (χ0) is 36.7. The SMILES string of the molecule is CCOC(=O)C[C@H](CCC(=O)[C@H]([SiH2]CC(C)C)n1nc(CCN2CC(F)C2)c(C)cc1=O)c1cc(-c2c(C)cc(OC)cc2C)cc(C)c1F. The number of carbonyl (C=O) groups excluding carboxylic acids is 2. The van der Waals surface area contributed by atoms with Crippen molar-refractivity contribution in [1.82, 2.24) is 14.7 Å². The van der Waals surface area contributed by atoms with Crippen LogP contribution in [0.5, 0.6) is 5.75 Å². The quantitative estimate of drug-likeness (QED) is 0.120. The molecule has 0 radical (unpaired) electrons. The Morgan fingerprint density at radius 2 is 1.70 bits per heavy atom. The summed E-state index contributed by atoms with van der Waals surface area (Å²) < 4.78 is 41.5. The van der Waals surface area contributed by atoms with Gasteiger partial charge in [-0.15, -0.1) is 0 Å². The Morgan fingerprint density at radius 1 is 1.02 bits per heavy atom. The Bertz CT molecular complexity index is 1710. The second-order valence-electron chi connectivity index (χ2n) is 14.2. The molecule has 2 heterocycles. The van der Waals surface area contributed by atoms with E-state index in [9.17, 15) is 18.8 Å². The molecule has 50 heavy (non-hydrogen) atoms. The van der Waals surface area contributed by atoms with Crippen LogP contribution >= 0.6 is 0 Å². The molecule has 11 heteroatoms. The number of esters is 1. The number of ketones is 1. The highest BCUT2D eigenvalue weighted by atomic mass is 28.2. The van der Waals surface area contributed by atoms with E-state index in [4.69, 9.17) is 14.6 Å². The van der Waals surface area contributed by atoms with Gasteiger partial charge in [-0.1, -0.05) is 19.9 Å². The summed E-state index contributed by atoms with van der Waals surface area (Å²) in [6, 6.07) is 9.86. The van der Waals surface area contributed by atoms with Crippen molar-refractivity contribution < 1.29 is 27.8 Å². The van der Waals surface area contributed by atoms with Crippen LogP contribution in [0, 0.1) is 39.4 Å². The van der Waals surface area contributed by atoms with E-state index in [1.807, 2.05) is 43.9 Å². The fourth-order valence-corrected chi connectivity index (χ4v) is 8.95. The summed E-state index contributed by atoms with van der Waals surface area (Å²) in [6.45, 7) is 15.0. The smallest absolute Gasteiger partial charge is 0.306 e. The van der Waals surface area contributed by atoms with E-state index < -0.39 is 39.1 Å². The third-order valence-corrected chi connectivity index (χ3v) is 12.6. The predicted molar refractivity (Wildman–Crippen MR) is 196 cm³/mol. The first-order chi connectivity index (χ1) is 23.7. The van der Waals surface area contributed by atoms with Crippen molar-refractivity contribution in [1.29, 1.82) is 0 Å². The van der Waals surface area contributed by atoms with Crippen LogP contribution in [0.25, 0.3) is 11.1 Å². The van der Waals surface area contributed by atoms with Crippen LogP contribution in [0.1, 0.15) is 85.1 Å². The molecule has 1 aromatic heterocycles. The lowest BCUT2D eigenvalue weighted by Gasteiger charge is -2.34. The zero-order valence-corrected chi connectivity index (χ0v) is 32.3. The summed E-state index contributed by atoms with van der Waals surface area (Å²) in [5.74, 6) is -0.549. The molecular weight excluding hydrogens is 657 g/mol. The van der Waals surface area contributed by atoms with Gasteiger partial charge in [0.2, 0.25) is 0 Å². The van der Waals surface area contributed by atoms with Crippen LogP contribution in [0.3, 0.4) is 0 Å². The van der Waals surface area contributed by atoms with Crippen LogP contribution in [-0.4, -0.2) is 75.5 Å². The summed E-state index contributed by atoms with van der Waals surface area (Å²) in [5, 5.41) is 4.73. The fourth-order valence-electron chi connectivity index (χ4n) is 6.93. The average molecular weight is 710 g/mol. The molecule has 272 valence electrons. The number of aromatic nitrogens is 2. The van der Waals surface area contributed by atoms with Crippen molar-refractivity contribution in [3.63, 3.8) is 0 Å². The summed E-state index contributed by atoms with van der Waals surface area (Å²) in [4.78, 5) is 42.4. The number of ether oxygens (including phenoxy) is 2. The Kier molecular flexibility index (Phi) is 13.7. The predicted octanol–water partition coefficient (Wildman–Crippen LogP) is 6.32. The molecule has 2 aromatic carbocycles. The lowest BCUT2D eigenvalue weighted by atomic mass is 9.85. The van der Waals surface area contributed by atoms with Crippen molar-refractivity contribution in [3.8, 4) is 16.9 Å². The first-order valence-corrected chi connectivity index (χ1v) is 19.6. The van der Waals surface area contributed by atoms with Gasteiger partial charge in [-0.2, -0.15) is 5.10 Å². The molecule has 0 spiro atoms. The minimum Gasteiger partial charge on any atom is -0.497 e. The average Bonchev–Trinajstić information content (AvgIpc) is 3.03. The van der Waals surface area contributed by atoms with Crippen LogP contribution < -0.4 is 10.3 Å². The lowest BCUT2D eigenvalue weighted by molar-refractivity contribution is -0.143. The fraction of sp³-hybridized carbons (Fsp3) is 0.538. The van der Waals surface area contributed by atoms with Gasteiger partial charge in [0, 0.05) is 38.5 Å². The maximum atomic E-state index is 16.0. The van der Waals surface area contributed by atoms with Crippen molar-refractivity contribution in [3.05, 3.63) is 80.0 Å². The number of rotatable bonds is 17. The number of alkyl halides is 1. The third kappa shape index (κ3) is 9.75. The number of hydrogen-bond donors (Lipinski definition) is 0.